The average Bonchev–Trinajstić information content (AvgIpc) is 3.02. The molecule has 0 spiro atoms. The Labute approximate surface area is 142 Å². The van der Waals surface area contributed by atoms with Crippen molar-refractivity contribution in [3.05, 3.63) is 57.2 Å². The zero-order chi connectivity index (χ0) is 16.4. The van der Waals surface area contributed by atoms with Gasteiger partial charge in [-0.25, -0.2) is 4.98 Å². The molecule has 3 rings (SSSR count). The second kappa shape index (κ2) is 6.57. The second-order valence-electron chi connectivity index (χ2n) is 5.32. The highest BCUT2D eigenvalue weighted by molar-refractivity contribution is 8.00. The van der Waals surface area contributed by atoms with Gasteiger partial charge in [-0.05, 0) is 30.4 Å². The monoisotopic (exact) mass is 341 g/mol. The molecule has 4 nitrogen and oxygen atoms in total. The standard InChI is InChI=1S/C17H15N3OS2/c1-11-3-5-12(6-4-11)9-13(10-18)23-17-19-14-7-8-22-15(14)16(21)20(17)2/h3-8,13H,9H2,1-2H3. The van der Waals surface area contributed by atoms with Gasteiger partial charge in [0.05, 0.1) is 11.6 Å². The minimum absolute atomic E-state index is 0.0560. The molecule has 116 valence electrons. The van der Waals surface area contributed by atoms with Crippen LogP contribution in [0.1, 0.15) is 11.1 Å². The number of thioether (sulfide) groups is 1. The summed E-state index contributed by atoms with van der Waals surface area (Å²) in [6, 6.07) is 12.3. The number of hydrogen-bond acceptors (Lipinski definition) is 5. The van der Waals surface area contributed by atoms with E-state index in [-0.39, 0.29) is 10.8 Å². The van der Waals surface area contributed by atoms with Gasteiger partial charge in [-0.15, -0.1) is 11.3 Å². The summed E-state index contributed by atoms with van der Waals surface area (Å²) in [5.41, 5.74) is 2.95. The van der Waals surface area contributed by atoms with Crippen molar-refractivity contribution >= 4 is 33.3 Å². The van der Waals surface area contributed by atoms with Crippen LogP contribution in [0.4, 0.5) is 0 Å². The maximum absolute atomic E-state index is 12.3. The first kappa shape index (κ1) is 15.8. The fourth-order valence-corrected chi connectivity index (χ4v) is 4.03. The van der Waals surface area contributed by atoms with Crippen LogP contribution in [0.3, 0.4) is 0 Å². The molecule has 0 saturated carbocycles. The molecular formula is C17H15N3OS2. The number of fused-ring (bicyclic) bond motifs is 1. The highest BCUT2D eigenvalue weighted by Gasteiger charge is 2.16. The number of nitriles is 1. The van der Waals surface area contributed by atoms with Gasteiger partial charge in [0, 0.05) is 7.05 Å². The lowest BCUT2D eigenvalue weighted by atomic mass is 10.1. The van der Waals surface area contributed by atoms with Crippen molar-refractivity contribution in [1.82, 2.24) is 9.55 Å². The number of rotatable bonds is 4. The highest BCUT2D eigenvalue weighted by Crippen LogP contribution is 2.25. The van der Waals surface area contributed by atoms with Gasteiger partial charge in [0.15, 0.2) is 5.16 Å². The summed E-state index contributed by atoms with van der Waals surface area (Å²) in [6.45, 7) is 2.04. The van der Waals surface area contributed by atoms with Crippen molar-refractivity contribution < 1.29 is 0 Å². The summed E-state index contributed by atoms with van der Waals surface area (Å²) in [5, 5.41) is 11.6. The third-order valence-corrected chi connectivity index (χ3v) is 5.60. The van der Waals surface area contributed by atoms with E-state index in [1.807, 2.05) is 42.6 Å². The van der Waals surface area contributed by atoms with Crippen LogP contribution >= 0.6 is 23.1 Å². The van der Waals surface area contributed by atoms with Gasteiger partial charge in [0.2, 0.25) is 0 Å². The fraction of sp³-hybridized carbons (Fsp3) is 0.235. The molecule has 0 saturated heterocycles. The third kappa shape index (κ3) is 3.31. The minimum Gasteiger partial charge on any atom is -0.289 e. The minimum atomic E-state index is -0.285. The first-order chi connectivity index (χ1) is 11.1. The Morgan fingerprint density at radius 1 is 1.35 bits per heavy atom. The fourth-order valence-electron chi connectivity index (χ4n) is 2.25. The zero-order valence-corrected chi connectivity index (χ0v) is 14.4. The second-order valence-corrected chi connectivity index (χ2v) is 7.40. The Kier molecular flexibility index (Phi) is 4.51. The molecule has 3 aromatic rings. The van der Waals surface area contributed by atoms with Crippen molar-refractivity contribution in [2.24, 2.45) is 7.05 Å². The van der Waals surface area contributed by atoms with Crippen LogP contribution in [0, 0.1) is 18.3 Å². The van der Waals surface area contributed by atoms with E-state index in [0.717, 1.165) is 5.56 Å². The van der Waals surface area contributed by atoms with Gasteiger partial charge in [0.25, 0.3) is 5.56 Å². The number of thiophene rings is 1. The average molecular weight is 341 g/mol. The van der Waals surface area contributed by atoms with E-state index in [2.05, 4.69) is 11.1 Å². The molecule has 1 unspecified atom stereocenters. The van der Waals surface area contributed by atoms with E-state index in [1.165, 1.54) is 33.2 Å². The van der Waals surface area contributed by atoms with E-state index >= 15 is 0 Å². The molecule has 1 atom stereocenters. The normalized spacial score (nSPS) is 12.2. The van der Waals surface area contributed by atoms with Crippen molar-refractivity contribution in [2.45, 2.75) is 23.8 Å². The van der Waals surface area contributed by atoms with Gasteiger partial charge in [-0.1, -0.05) is 41.6 Å². The molecule has 0 fully saturated rings. The van der Waals surface area contributed by atoms with Crippen LogP contribution < -0.4 is 5.56 Å². The number of hydrogen-bond donors (Lipinski definition) is 0. The Morgan fingerprint density at radius 2 is 2.09 bits per heavy atom. The summed E-state index contributed by atoms with van der Waals surface area (Å²) < 4.78 is 2.19. The predicted octanol–water partition coefficient (Wildman–Crippen LogP) is 3.53. The van der Waals surface area contributed by atoms with Crippen LogP contribution in [-0.4, -0.2) is 14.8 Å². The summed E-state index contributed by atoms with van der Waals surface area (Å²) in [5.74, 6) is 0. The van der Waals surface area contributed by atoms with Crippen molar-refractivity contribution in [3.8, 4) is 6.07 Å². The van der Waals surface area contributed by atoms with Crippen LogP contribution in [0.2, 0.25) is 0 Å². The predicted molar refractivity (Wildman–Crippen MR) is 95.0 cm³/mol. The molecule has 0 bridgehead atoms. The summed E-state index contributed by atoms with van der Waals surface area (Å²) >= 11 is 2.74. The molecule has 1 aromatic carbocycles. The molecule has 2 aromatic heterocycles. The summed E-state index contributed by atoms with van der Waals surface area (Å²) in [7, 11) is 1.71. The topological polar surface area (TPSA) is 58.7 Å². The lowest BCUT2D eigenvalue weighted by molar-refractivity contribution is 0.726. The molecule has 6 heteroatoms. The van der Waals surface area contributed by atoms with Crippen molar-refractivity contribution in [1.29, 1.82) is 5.26 Å². The first-order valence-corrected chi connectivity index (χ1v) is 8.90. The Balaban J connectivity index is 1.87. The lowest BCUT2D eigenvalue weighted by Gasteiger charge is -2.11. The number of nitrogens with zero attached hydrogens (tertiary/aromatic N) is 3. The van der Waals surface area contributed by atoms with Gasteiger partial charge in [0.1, 0.15) is 9.95 Å². The lowest BCUT2D eigenvalue weighted by Crippen LogP contribution is -2.20. The molecule has 23 heavy (non-hydrogen) atoms. The van der Waals surface area contributed by atoms with E-state index in [9.17, 15) is 10.1 Å². The molecule has 0 aliphatic heterocycles. The van der Waals surface area contributed by atoms with Crippen molar-refractivity contribution in [2.75, 3.05) is 0 Å². The maximum atomic E-state index is 12.3. The first-order valence-electron chi connectivity index (χ1n) is 7.14. The quantitative estimate of drug-likeness (QED) is 0.538. The SMILES string of the molecule is Cc1ccc(CC(C#N)Sc2nc3ccsc3c(=O)n2C)cc1. The van der Waals surface area contributed by atoms with Crippen LogP contribution in [0.25, 0.3) is 10.2 Å². The Morgan fingerprint density at radius 3 is 2.78 bits per heavy atom. The number of benzene rings is 1. The molecule has 0 N–H and O–H groups in total. The van der Waals surface area contributed by atoms with Gasteiger partial charge in [-0.3, -0.25) is 9.36 Å². The third-order valence-electron chi connectivity index (χ3n) is 3.58. The highest BCUT2D eigenvalue weighted by atomic mass is 32.2. The molecule has 2 heterocycles. The van der Waals surface area contributed by atoms with E-state index in [0.29, 0.717) is 21.8 Å². The maximum Gasteiger partial charge on any atom is 0.271 e. The Hall–Kier alpha value is -2.10. The van der Waals surface area contributed by atoms with E-state index in [1.54, 1.807) is 7.05 Å². The summed E-state index contributed by atoms with van der Waals surface area (Å²) in [4.78, 5) is 16.8. The Bertz CT molecular complexity index is 935. The molecule has 0 radical (unpaired) electrons. The van der Waals surface area contributed by atoms with Gasteiger partial charge < -0.3 is 0 Å². The van der Waals surface area contributed by atoms with Crippen LogP contribution in [0.15, 0.2) is 45.7 Å². The zero-order valence-electron chi connectivity index (χ0n) is 12.8. The van der Waals surface area contributed by atoms with Crippen molar-refractivity contribution in [3.63, 3.8) is 0 Å². The van der Waals surface area contributed by atoms with Gasteiger partial charge in [-0.2, -0.15) is 5.26 Å². The summed E-state index contributed by atoms with van der Waals surface area (Å²) in [6.07, 6.45) is 0.624. The number of aromatic nitrogens is 2. The molecule has 0 aliphatic rings. The molecule has 0 amide bonds. The largest absolute Gasteiger partial charge is 0.289 e. The van der Waals surface area contributed by atoms with E-state index < -0.39 is 0 Å². The molecule has 0 aliphatic carbocycles. The molecular weight excluding hydrogens is 326 g/mol. The van der Waals surface area contributed by atoms with E-state index in [4.69, 9.17) is 0 Å². The van der Waals surface area contributed by atoms with Crippen LogP contribution in [0.5, 0.6) is 0 Å². The van der Waals surface area contributed by atoms with Gasteiger partial charge >= 0.3 is 0 Å². The number of aryl methyl sites for hydroxylation is 1. The van der Waals surface area contributed by atoms with Crippen LogP contribution in [-0.2, 0) is 13.5 Å². The smallest absolute Gasteiger partial charge is 0.271 e.